The number of sulfone groups is 2. The minimum Gasteiger partial charge on any atom is -0.379 e. The van der Waals surface area contributed by atoms with Crippen molar-refractivity contribution in [1.29, 1.82) is 0 Å². The molecule has 0 amide bonds. The van der Waals surface area contributed by atoms with Crippen LogP contribution in [-0.2, 0) is 56.6 Å². The topological polar surface area (TPSA) is 142 Å². The molecule has 2 atom stereocenters. The maximum Gasteiger partial charge on any atom is 0.418 e. The number of halogens is 6. The first kappa shape index (κ1) is 47.9. The number of hydrogen-bond donors (Lipinski definition) is 1. The van der Waals surface area contributed by atoms with Crippen molar-refractivity contribution < 1.29 is 43.2 Å². The Labute approximate surface area is 380 Å². The fourth-order valence-electron chi connectivity index (χ4n) is 7.68. The summed E-state index contributed by atoms with van der Waals surface area (Å²) in [5, 5.41) is 4.80. The first-order chi connectivity index (χ1) is 30.8. The van der Waals surface area contributed by atoms with Gasteiger partial charge in [0, 0.05) is 69.2 Å². The third kappa shape index (κ3) is 12.7. The molecule has 0 bridgehead atoms. The summed E-state index contributed by atoms with van der Waals surface area (Å²) >= 11 is 2.43. The van der Waals surface area contributed by atoms with E-state index in [0.29, 0.717) is 38.1 Å². The lowest BCUT2D eigenvalue weighted by Crippen LogP contribution is -2.36. The highest BCUT2D eigenvalue weighted by molar-refractivity contribution is 7.90. The number of alkyl halides is 6. The summed E-state index contributed by atoms with van der Waals surface area (Å²) in [6.07, 6.45) is -6.08. The lowest BCUT2D eigenvalue weighted by Gasteiger charge is -2.29. The Balaban J connectivity index is 0.000000194. The van der Waals surface area contributed by atoms with E-state index in [2.05, 4.69) is 35.1 Å². The second kappa shape index (κ2) is 20.3. The second-order valence-electron chi connectivity index (χ2n) is 15.7. The molecule has 2 aromatic carbocycles. The van der Waals surface area contributed by atoms with Crippen molar-refractivity contribution in [1.82, 2.24) is 29.7 Å². The third-order valence-corrected chi connectivity index (χ3v) is 15.3. The number of likely N-dealkylation sites (tertiary alicyclic amines) is 2. The van der Waals surface area contributed by atoms with Crippen LogP contribution in [0.5, 0.6) is 0 Å². The van der Waals surface area contributed by atoms with Gasteiger partial charge in [-0.05, 0) is 36.1 Å². The molecule has 0 radical (unpaired) electrons. The third-order valence-electron chi connectivity index (χ3n) is 10.9. The van der Waals surface area contributed by atoms with Crippen LogP contribution in [0.15, 0.2) is 117 Å². The smallest absolute Gasteiger partial charge is 0.379 e. The molecule has 0 spiro atoms. The van der Waals surface area contributed by atoms with E-state index in [4.69, 9.17) is 0 Å². The van der Waals surface area contributed by atoms with E-state index in [1.54, 1.807) is 22.7 Å². The molecule has 6 heterocycles. The van der Waals surface area contributed by atoms with E-state index in [1.807, 2.05) is 60.7 Å². The number of thiazole rings is 2. The van der Waals surface area contributed by atoms with Gasteiger partial charge in [-0.1, -0.05) is 60.7 Å². The zero-order valence-corrected chi connectivity index (χ0v) is 38.0. The minimum atomic E-state index is -4.72. The summed E-state index contributed by atoms with van der Waals surface area (Å²) in [6.45, 7) is 4.14. The number of nitrogens with one attached hydrogen (secondary N) is 1. The highest BCUT2D eigenvalue weighted by atomic mass is 32.2. The fourth-order valence-corrected chi connectivity index (χ4v) is 11.4. The number of nitrogens with zero attached hydrogens (tertiary/aromatic N) is 7. The van der Waals surface area contributed by atoms with Crippen molar-refractivity contribution >= 4 is 53.7 Å². The molecule has 0 aliphatic carbocycles. The number of aromatic nitrogens is 4. The number of benzene rings is 2. The Kier molecular flexibility index (Phi) is 14.9. The SMILES string of the molecule is CN(c1cnc(S(=O)(=O)Cc2cscn2)cc1C(F)(F)F)[C@H]1CCN(Cc2ccccc2)C1.O=S(=O)(Cc1cscn1)c1cc(C(F)(F)F)c(N[C@H]2CCN(Cc3ccccc3)C2)cn1. The average Bonchev–Trinajstić information content (AvgIpc) is 4.12. The van der Waals surface area contributed by atoms with Gasteiger partial charge >= 0.3 is 12.4 Å². The van der Waals surface area contributed by atoms with Gasteiger partial charge in [0.1, 0.15) is 0 Å². The molecule has 2 saturated heterocycles. The standard InChI is InChI=1S/C22H23F3N4O2S2.C21H21F3N4O2S2/c1-28(18-7-8-29(12-18)11-16-5-3-2-4-6-16)20-10-26-21(9-19(20)22(23,24)25)33(30,31)14-17-13-32-15-27-17;22-21(23,24)18-8-20(32(29,30)13-17-12-31-14-26-17)25-9-19(18)27-16-6-7-28(11-16)10-15-4-2-1-3-5-15/h2-6,9-10,13,15,18H,7-8,11-12,14H2,1H3;1-5,8-9,12,14,16,27H,6-7,10-11,13H2/t18-;16-/m00/s1. The lowest BCUT2D eigenvalue weighted by atomic mass is 10.1. The van der Waals surface area contributed by atoms with Crippen molar-refractivity contribution in [3.63, 3.8) is 0 Å². The van der Waals surface area contributed by atoms with Gasteiger partial charge in [-0.3, -0.25) is 9.80 Å². The van der Waals surface area contributed by atoms with Crippen molar-refractivity contribution in [3.8, 4) is 0 Å². The van der Waals surface area contributed by atoms with Crippen LogP contribution in [0, 0.1) is 0 Å². The molecule has 1 N–H and O–H groups in total. The predicted molar refractivity (Wildman–Crippen MR) is 237 cm³/mol. The Morgan fingerprint density at radius 3 is 1.68 bits per heavy atom. The molecule has 8 rings (SSSR count). The van der Waals surface area contributed by atoms with Gasteiger partial charge in [0.15, 0.2) is 10.1 Å². The number of hydrogen-bond acceptors (Lipinski definition) is 14. The quantitative estimate of drug-likeness (QED) is 0.105. The second-order valence-corrected chi connectivity index (χ2v) is 21.0. The summed E-state index contributed by atoms with van der Waals surface area (Å²) in [6, 6.07) is 20.7. The van der Waals surface area contributed by atoms with Crippen LogP contribution in [0.4, 0.5) is 37.7 Å². The first-order valence-electron chi connectivity index (χ1n) is 20.2. The van der Waals surface area contributed by atoms with E-state index in [9.17, 15) is 43.2 Å². The molecule has 6 aromatic rings. The van der Waals surface area contributed by atoms with Gasteiger partial charge < -0.3 is 10.2 Å². The van der Waals surface area contributed by atoms with Crippen molar-refractivity contribution in [3.05, 3.63) is 141 Å². The van der Waals surface area contributed by atoms with E-state index in [-0.39, 0.29) is 34.8 Å². The predicted octanol–water partition coefficient (Wildman–Crippen LogP) is 8.46. The van der Waals surface area contributed by atoms with E-state index in [1.165, 1.54) is 33.7 Å². The number of anilines is 2. The van der Waals surface area contributed by atoms with Crippen LogP contribution in [0.25, 0.3) is 0 Å². The van der Waals surface area contributed by atoms with Crippen molar-refractivity contribution in [2.45, 2.75) is 71.9 Å². The Hall–Kier alpha value is -5.00. The van der Waals surface area contributed by atoms with Gasteiger partial charge in [-0.15, -0.1) is 22.7 Å². The number of likely N-dealkylation sites (N-methyl/N-ethyl adjacent to an activating group) is 1. The molecule has 12 nitrogen and oxygen atoms in total. The number of pyridine rings is 2. The number of rotatable bonds is 14. The molecule has 0 unspecified atom stereocenters. The minimum absolute atomic E-state index is 0.123. The monoisotopic (exact) mass is 978 g/mol. The van der Waals surface area contributed by atoms with Crippen LogP contribution < -0.4 is 10.2 Å². The van der Waals surface area contributed by atoms with Crippen molar-refractivity contribution in [2.24, 2.45) is 0 Å². The van der Waals surface area contributed by atoms with Gasteiger partial charge in [0.25, 0.3) is 0 Å². The Morgan fingerprint density at radius 2 is 1.17 bits per heavy atom. The maximum atomic E-state index is 13.9. The molecule has 2 aliphatic heterocycles. The molecule has 2 aliphatic rings. The Morgan fingerprint density at radius 1 is 0.677 bits per heavy atom. The molecular formula is C43H44F6N8O4S4. The van der Waals surface area contributed by atoms with Gasteiger partial charge in [0.05, 0.1) is 68.8 Å². The lowest BCUT2D eigenvalue weighted by molar-refractivity contribution is -0.138. The molecule has 22 heteroatoms. The van der Waals surface area contributed by atoms with Gasteiger partial charge in [0.2, 0.25) is 19.7 Å². The van der Waals surface area contributed by atoms with E-state index < -0.39 is 64.7 Å². The van der Waals surface area contributed by atoms with Gasteiger partial charge in [-0.2, -0.15) is 26.3 Å². The summed E-state index contributed by atoms with van der Waals surface area (Å²) in [5.41, 5.74) is 3.41. The van der Waals surface area contributed by atoms with Crippen LogP contribution in [0.1, 0.15) is 46.5 Å². The highest BCUT2D eigenvalue weighted by Gasteiger charge is 2.39. The summed E-state index contributed by atoms with van der Waals surface area (Å²) in [5.74, 6) is -0.988. The molecule has 346 valence electrons. The molecule has 4 aromatic heterocycles. The van der Waals surface area contributed by atoms with E-state index in [0.717, 1.165) is 49.7 Å². The molecule has 2 fully saturated rings. The zero-order chi connectivity index (χ0) is 46.4. The van der Waals surface area contributed by atoms with Crippen LogP contribution >= 0.6 is 22.7 Å². The molecule has 0 saturated carbocycles. The van der Waals surface area contributed by atoms with Crippen LogP contribution in [0.2, 0.25) is 0 Å². The van der Waals surface area contributed by atoms with Crippen LogP contribution in [0.3, 0.4) is 0 Å². The van der Waals surface area contributed by atoms with Crippen molar-refractivity contribution in [2.75, 3.05) is 43.4 Å². The first-order valence-corrected chi connectivity index (χ1v) is 25.4. The zero-order valence-electron chi connectivity index (χ0n) is 34.8. The average molecular weight is 979 g/mol. The largest absolute Gasteiger partial charge is 0.418 e. The van der Waals surface area contributed by atoms with E-state index >= 15 is 0 Å². The summed E-state index contributed by atoms with van der Waals surface area (Å²) in [7, 11) is -6.52. The summed E-state index contributed by atoms with van der Waals surface area (Å²) < 4.78 is 133. The highest BCUT2D eigenvalue weighted by Crippen LogP contribution is 2.39. The summed E-state index contributed by atoms with van der Waals surface area (Å²) in [4.78, 5) is 21.5. The molecular weight excluding hydrogens is 935 g/mol. The normalized spacial score (nSPS) is 17.5. The maximum absolute atomic E-state index is 13.9. The van der Waals surface area contributed by atoms with Gasteiger partial charge in [-0.25, -0.2) is 36.8 Å². The fraction of sp³-hybridized carbons (Fsp3) is 0.349. The van der Waals surface area contributed by atoms with Crippen LogP contribution in [-0.4, -0.2) is 91.9 Å². The molecule has 65 heavy (non-hydrogen) atoms. The Bertz CT molecular complexity index is 2710.